The Morgan fingerprint density at radius 3 is 2.68 bits per heavy atom. The number of thiophene rings is 1. The van der Waals surface area contributed by atoms with Gasteiger partial charge in [-0.15, -0.1) is 11.3 Å². The zero-order valence-corrected chi connectivity index (χ0v) is 14.3. The lowest BCUT2D eigenvalue weighted by molar-refractivity contribution is 0.0951. The van der Waals surface area contributed by atoms with Gasteiger partial charge in [0.1, 0.15) is 11.6 Å². The van der Waals surface area contributed by atoms with Crippen LogP contribution in [0, 0.1) is 12.9 Å². The number of nitrogen functional groups attached to an aromatic ring is 1. The Bertz CT molecular complexity index is 894. The van der Waals surface area contributed by atoms with Gasteiger partial charge in [0.05, 0.1) is 5.56 Å². The summed E-state index contributed by atoms with van der Waals surface area (Å²) in [5, 5.41) is 5.58. The molecule has 3 N–H and O–H groups in total. The number of pyridine rings is 1. The van der Waals surface area contributed by atoms with E-state index in [-0.39, 0.29) is 11.4 Å². The van der Waals surface area contributed by atoms with Crippen LogP contribution in [0.2, 0.25) is 0 Å². The highest BCUT2D eigenvalue weighted by Gasteiger charge is 2.11. The van der Waals surface area contributed by atoms with Gasteiger partial charge in [-0.25, -0.2) is 4.98 Å². The number of hydrogen-bond donors (Lipinski definition) is 2. The number of hydrogen-bond acceptors (Lipinski definition) is 5. The number of nitrogens with zero attached hydrogens (tertiary/aromatic N) is 1. The van der Waals surface area contributed by atoms with E-state index < -0.39 is 11.9 Å². The Morgan fingerprint density at radius 2 is 2.04 bits per heavy atom. The largest absolute Gasteiger partial charge is 0.447 e. The average Bonchev–Trinajstić information content (AvgIpc) is 2.99. The van der Waals surface area contributed by atoms with E-state index in [2.05, 4.69) is 10.3 Å². The number of ether oxygens (including phenoxy) is 1. The van der Waals surface area contributed by atoms with Gasteiger partial charge in [-0.2, -0.15) is 4.39 Å². The van der Waals surface area contributed by atoms with E-state index in [1.807, 2.05) is 42.6 Å². The predicted molar refractivity (Wildman–Crippen MR) is 95.3 cm³/mol. The molecule has 2 heterocycles. The first-order valence-electron chi connectivity index (χ1n) is 7.53. The molecule has 7 heteroatoms. The van der Waals surface area contributed by atoms with E-state index >= 15 is 0 Å². The molecule has 0 bridgehead atoms. The van der Waals surface area contributed by atoms with Crippen LogP contribution < -0.4 is 15.8 Å². The zero-order valence-electron chi connectivity index (χ0n) is 13.5. The van der Waals surface area contributed by atoms with Crippen molar-refractivity contribution < 1.29 is 13.9 Å². The second-order valence-corrected chi connectivity index (χ2v) is 6.31. The van der Waals surface area contributed by atoms with E-state index in [0.29, 0.717) is 6.54 Å². The van der Waals surface area contributed by atoms with Gasteiger partial charge in [-0.05, 0) is 53.8 Å². The fraction of sp³-hybridized carbons (Fsp3) is 0.111. The number of carbonyl (C=O) groups excluding carboxylic acids is 1. The number of aromatic nitrogens is 1. The Labute approximate surface area is 148 Å². The van der Waals surface area contributed by atoms with Crippen molar-refractivity contribution in [1.29, 1.82) is 0 Å². The van der Waals surface area contributed by atoms with Gasteiger partial charge in [-0.3, -0.25) is 4.79 Å². The average molecular weight is 357 g/mol. The molecule has 0 radical (unpaired) electrons. The van der Waals surface area contributed by atoms with Crippen LogP contribution in [0.15, 0.2) is 47.8 Å². The van der Waals surface area contributed by atoms with Crippen LogP contribution in [0.3, 0.4) is 0 Å². The van der Waals surface area contributed by atoms with Crippen molar-refractivity contribution in [3.05, 3.63) is 70.5 Å². The van der Waals surface area contributed by atoms with Crippen molar-refractivity contribution in [2.24, 2.45) is 0 Å². The number of amides is 1. The lowest BCUT2D eigenvalue weighted by Gasteiger charge is -2.08. The Morgan fingerprint density at radius 1 is 1.28 bits per heavy atom. The normalized spacial score (nSPS) is 10.5. The van der Waals surface area contributed by atoms with Crippen LogP contribution in [-0.4, -0.2) is 10.9 Å². The van der Waals surface area contributed by atoms with Gasteiger partial charge in [0.25, 0.3) is 5.91 Å². The molecule has 0 saturated carbocycles. The van der Waals surface area contributed by atoms with E-state index in [1.165, 1.54) is 17.4 Å². The number of anilines is 1. The van der Waals surface area contributed by atoms with E-state index in [9.17, 15) is 9.18 Å². The summed E-state index contributed by atoms with van der Waals surface area (Å²) >= 11 is 1.54. The van der Waals surface area contributed by atoms with Crippen molar-refractivity contribution >= 4 is 23.1 Å². The smallest absolute Gasteiger partial charge is 0.255 e. The molecule has 1 aromatic carbocycles. The van der Waals surface area contributed by atoms with Crippen LogP contribution in [0.25, 0.3) is 0 Å². The summed E-state index contributed by atoms with van der Waals surface area (Å²) in [6.45, 7) is 2.33. The van der Waals surface area contributed by atoms with Gasteiger partial charge in [0.15, 0.2) is 5.06 Å². The minimum absolute atomic E-state index is 0.132. The Balaban J connectivity index is 1.59. The molecule has 3 rings (SSSR count). The monoisotopic (exact) mass is 357 g/mol. The number of nitrogens with one attached hydrogen (secondary N) is 1. The third-order valence-corrected chi connectivity index (χ3v) is 4.36. The van der Waals surface area contributed by atoms with Crippen molar-refractivity contribution in [3.8, 4) is 10.8 Å². The third kappa shape index (κ3) is 4.33. The zero-order chi connectivity index (χ0) is 17.8. The van der Waals surface area contributed by atoms with Crippen molar-refractivity contribution in [2.75, 3.05) is 5.73 Å². The molecule has 0 aliphatic carbocycles. The number of halogens is 1. The van der Waals surface area contributed by atoms with Crippen LogP contribution in [-0.2, 0) is 6.54 Å². The second-order valence-electron chi connectivity index (χ2n) is 5.44. The first kappa shape index (κ1) is 16.9. The molecule has 5 nitrogen and oxygen atoms in total. The van der Waals surface area contributed by atoms with Gasteiger partial charge in [0.2, 0.25) is 5.95 Å². The van der Waals surface area contributed by atoms with Gasteiger partial charge >= 0.3 is 0 Å². The fourth-order valence-corrected chi connectivity index (χ4v) is 2.94. The summed E-state index contributed by atoms with van der Waals surface area (Å²) in [5.41, 5.74) is 7.77. The maximum atomic E-state index is 12.9. The fourth-order valence-electron chi connectivity index (χ4n) is 2.17. The Hall–Kier alpha value is -2.93. The highest BCUT2D eigenvalue weighted by molar-refractivity contribution is 7.12. The third-order valence-electron chi connectivity index (χ3n) is 3.44. The quantitative estimate of drug-likeness (QED) is 0.679. The lowest BCUT2D eigenvalue weighted by Crippen LogP contribution is -2.24. The van der Waals surface area contributed by atoms with Gasteiger partial charge in [-0.1, -0.05) is 12.1 Å². The van der Waals surface area contributed by atoms with E-state index in [4.69, 9.17) is 10.5 Å². The number of nitrogens with two attached hydrogens (primary N) is 1. The van der Waals surface area contributed by atoms with E-state index in [1.54, 1.807) is 0 Å². The Kier molecular flexibility index (Phi) is 4.95. The maximum Gasteiger partial charge on any atom is 0.255 e. The van der Waals surface area contributed by atoms with Gasteiger partial charge in [0, 0.05) is 6.54 Å². The molecule has 0 aliphatic heterocycles. The number of rotatable bonds is 5. The minimum atomic E-state index is -0.717. The molecule has 25 heavy (non-hydrogen) atoms. The molecule has 0 spiro atoms. The van der Waals surface area contributed by atoms with Gasteiger partial charge < -0.3 is 15.8 Å². The van der Waals surface area contributed by atoms with Crippen molar-refractivity contribution in [3.63, 3.8) is 0 Å². The lowest BCUT2D eigenvalue weighted by atomic mass is 10.2. The van der Waals surface area contributed by atoms with Crippen LogP contribution in [0.1, 0.15) is 21.5 Å². The molecular formula is C18H16FN3O2S. The molecule has 3 aromatic rings. The summed E-state index contributed by atoms with van der Waals surface area (Å²) in [7, 11) is 0. The number of carbonyl (C=O) groups is 1. The first-order chi connectivity index (χ1) is 12.0. The summed E-state index contributed by atoms with van der Waals surface area (Å²) in [6, 6.07) is 11.8. The first-order valence-corrected chi connectivity index (χ1v) is 8.41. The van der Waals surface area contributed by atoms with E-state index in [0.717, 1.165) is 28.0 Å². The molecule has 2 aromatic heterocycles. The molecule has 0 fully saturated rings. The molecule has 0 atom stereocenters. The molecule has 0 aliphatic rings. The molecular weight excluding hydrogens is 341 g/mol. The SMILES string of the molecule is Cc1csc(Oc2ccc(CNC(=O)c3ccc(F)nc3N)cc2)c1. The van der Waals surface area contributed by atoms with Crippen LogP contribution in [0.4, 0.5) is 10.2 Å². The minimum Gasteiger partial charge on any atom is -0.447 e. The van der Waals surface area contributed by atoms with Crippen LogP contribution >= 0.6 is 11.3 Å². The molecule has 1 amide bonds. The molecule has 0 saturated heterocycles. The summed E-state index contributed by atoms with van der Waals surface area (Å²) < 4.78 is 18.7. The summed E-state index contributed by atoms with van der Waals surface area (Å²) in [4.78, 5) is 15.5. The number of aryl methyl sites for hydroxylation is 1. The van der Waals surface area contributed by atoms with Crippen LogP contribution in [0.5, 0.6) is 10.8 Å². The highest BCUT2D eigenvalue weighted by atomic mass is 32.1. The molecule has 0 unspecified atom stereocenters. The topological polar surface area (TPSA) is 77.2 Å². The van der Waals surface area contributed by atoms with Crippen molar-refractivity contribution in [2.45, 2.75) is 13.5 Å². The summed E-state index contributed by atoms with van der Waals surface area (Å²) in [5.74, 6) is -0.527. The standard InChI is InChI=1S/C18H16FN3O2S/c1-11-8-16(25-10-11)24-13-4-2-12(3-5-13)9-21-18(23)14-6-7-15(19)22-17(14)20/h2-8,10H,9H2,1H3,(H2,20,22)(H,21,23). The summed E-state index contributed by atoms with van der Waals surface area (Å²) in [6.07, 6.45) is 0. The predicted octanol–water partition coefficient (Wildman–Crippen LogP) is 3.90. The maximum absolute atomic E-state index is 12.9. The van der Waals surface area contributed by atoms with Crippen molar-refractivity contribution in [1.82, 2.24) is 10.3 Å². The second kappa shape index (κ2) is 7.31. The molecule has 128 valence electrons. The highest BCUT2D eigenvalue weighted by Crippen LogP contribution is 2.28. The number of benzene rings is 1.